The maximum Gasteiger partial charge on any atom is 0.253 e. The van der Waals surface area contributed by atoms with Crippen molar-refractivity contribution in [3.63, 3.8) is 0 Å². The number of carbonyl (C=O) groups is 1. The van der Waals surface area contributed by atoms with Gasteiger partial charge in [0.2, 0.25) is 10.0 Å². The number of hydrogen-bond donors (Lipinski definition) is 1. The minimum Gasteiger partial charge on any atom is -0.497 e. The van der Waals surface area contributed by atoms with Crippen LogP contribution in [0.15, 0.2) is 53.4 Å². The van der Waals surface area contributed by atoms with Crippen LogP contribution in [0.1, 0.15) is 48.0 Å². The molecule has 0 spiro atoms. The molecule has 2 aromatic rings. The molecule has 1 aliphatic carbocycles. The van der Waals surface area contributed by atoms with E-state index in [4.69, 9.17) is 4.74 Å². The van der Waals surface area contributed by atoms with E-state index in [-0.39, 0.29) is 16.8 Å². The molecule has 6 nitrogen and oxygen atoms in total. The van der Waals surface area contributed by atoms with Crippen LogP contribution in [-0.2, 0) is 16.4 Å². The van der Waals surface area contributed by atoms with Crippen LogP contribution in [0.4, 0.5) is 0 Å². The van der Waals surface area contributed by atoms with Crippen LogP contribution in [0.2, 0.25) is 0 Å². The molecule has 1 amide bonds. The molecular formula is C24H30N2O4S. The summed E-state index contributed by atoms with van der Waals surface area (Å²) < 4.78 is 32.4. The summed E-state index contributed by atoms with van der Waals surface area (Å²) in [4.78, 5) is 14.9. The van der Waals surface area contributed by atoms with Crippen molar-refractivity contribution in [3.05, 3.63) is 59.7 Å². The first-order valence-corrected chi connectivity index (χ1v) is 12.5. The number of likely N-dealkylation sites (tertiary alicyclic amines) is 1. The first kappa shape index (κ1) is 21.8. The summed E-state index contributed by atoms with van der Waals surface area (Å²) in [6.45, 7) is 1.49. The minimum atomic E-state index is -3.49. The number of rotatable bonds is 8. The van der Waals surface area contributed by atoms with Crippen LogP contribution in [0.3, 0.4) is 0 Å². The molecule has 2 aromatic carbocycles. The molecule has 0 aromatic heterocycles. The molecule has 1 saturated heterocycles. The highest BCUT2D eigenvalue weighted by Gasteiger charge is 2.28. The van der Waals surface area contributed by atoms with Crippen LogP contribution in [0.25, 0.3) is 0 Å². The van der Waals surface area contributed by atoms with E-state index in [1.165, 1.54) is 17.7 Å². The Balaban J connectivity index is 1.26. The molecule has 0 bridgehead atoms. The second-order valence-corrected chi connectivity index (χ2v) is 10.3. The van der Waals surface area contributed by atoms with Crippen LogP contribution < -0.4 is 9.46 Å². The zero-order valence-corrected chi connectivity index (χ0v) is 18.7. The lowest BCUT2D eigenvalue weighted by Gasteiger charge is -2.32. The van der Waals surface area contributed by atoms with Crippen molar-refractivity contribution < 1.29 is 17.9 Å². The van der Waals surface area contributed by atoms with Crippen molar-refractivity contribution in [2.24, 2.45) is 5.92 Å². The molecule has 166 valence electrons. The summed E-state index contributed by atoms with van der Waals surface area (Å²) in [5.41, 5.74) is 1.85. The topological polar surface area (TPSA) is 75.7 Å². The van der Waals surface area contributed by atoms with Crippen molar-refractivity contribution >= 4 is 15.9 Å². The molecule has 2 aliphatic rings. The fourth-order valence-electron chi connectivity index (χ4n) is 4.04. The van der Waals surface area contributed by atoms with Crippen LogP contribution in [0.5, 0.6) is 5.75 Å². The second kappa shape index (κ2) is 9.40. The summed E-state index contributed by atoms with van der Waals surface area (Å²) in [6.07, 6.45) is 5.94. The molecule has 0 radical (unpaired) electrons. The molecule has 1 saturated carbocycles. The Kier molecular flexibility index (Phi) is 6.62. The molecule has 0 unspecified atom stereocenters. The Bertz CT molecular complexity index is 991. The maximum atomic E-state index is 12.8. The highest BCUT2D eigenvalue weighted by Crippen LogP contribution is 2.25. The van der Waals surface area contributed by atoms with Gasteiger partial charge in [0.1, 0.15) is 5.75 Å². The van der Waals surface area contributed by atoms with E-state index in [0.29, 0.717) is 11.5 Å². The molecule has 31 heavy (non-hydrogen) atoms. The van der Waals surface area contributed by atoms with Gasteiger partial charge in [-0.2, -0.15) is 0 Å². The number of hydrogen-bond acceptors (Lipinski definition) is 4. The Morgan fingerprint density at radius 1 is 1.00 bits per heavy atom. The SMILES string of the molecule is COc1ccc(CCC2CCN(C(=O)c3ccc(S(=O)(=O)NC4CC4)cc3)CC2)cc1. The Morgan fingerprint density at radius 2 is 1.65 bits per heavy atom. The van der Waals surface area contributed by atoms with Crippen molar-refractivity contribution in [1.82, 2.24) is 9.62 Å². The van der Waals surface area contributed by atoms with E-state index in [9.17, 15) is 13.2 Å². The van der Waals surface area contributed by atoms with E-state index >= 15 is 0 Å². The van der Waals surface area contributed by atoms with Gasteiger partial charge < -0.3 is 9.64 Å². The Morgan fingerprint density at radius 3 is 2.23 bits per heavy atom. The van der Waals surface area contributed by atoms with Crippen LogP contribution >= 0.6 is 0 Å². The fraction of sp³-hybridized carbons (Fsp3) is 0.458. The number of piperidine rings is 1. The van der Waals surface area contributed by atoms with Crippen molar-refractivity contribution in [3.8, 4) is 5.75 Å². The summed E-state index contributed by atoms with van der Waals surface area (Å²) in [5.74, 6) is 1.47. The molecule has 1 aliphatic heterocycles. The monoisotopic (exact) mass is 442 g/mol. The van der Waals surface area contributed by atoms with Gasteiger partial charge in [0, 0.05) is 24.7 Å². The molecule has 0 atom stereocenters. The summed E-state index contributed by atoms with van der Waals surface area (Å²) in [6, 6.07) is 14.6. The van der Waals surface area contributed by atoms with Gasteiger partial charge in [0.25, 0.3) is 5.91 Å². The lowest BCUT2D eigenvalue weighted by Crippen LogP contribution is -2.38. The number of methoxy groups -OCH3 is 1. The quantitative estimate of drug-likeness (QED) is 0.678. The molecule has 7 heteroatoms. The van der Waals surface area contributed by atoms with Crippen molar-refractivity contribution in [2.45, 2.75) is 49.5 Å². The average molecular weight is 443 g/mol. The lowest BCUT2D eigenvalue weighted by atomic mass is 9.90. The molecule has 2 fully saturated rings. The zero-order chi connectivity index (χ0) is 21.8. The molecular weight excluding hydrogens is 412 g/mol. The van der Waals surface area contributed by atoms with Gasteiger partial charge in [-0.25, -0.2) is 13.1 Å². The van der Waals surface area contributed by atoms with Crippen LogP contribution in [0, 0.1) is 5.92 Å². The number of carbonyl (C=O) groups excluding carboxylic acids is 1. The van der Waals surface area contributed by atoms with Gasteiger partial charge in [-0.3, -0.25) is 4.79 Å². The highest BCUT2D eigenvalue weighted by molar-refractivity contribution is 7.89. The average Bonchev–Trinajstić information content (AvgIpc) is 3.61. The van der Waals surface area contributed by atoms with E-state index in [1.807, 2.05) is 17.0 Å². The summed E-state index contributed by atoms with van der Waals surface area (Å²) in [7, 11) is -1.81. The van der Waals surface area contributed by atoms with Crippen molar-refractivity contribution in [2.75, 3.05) is 20.2 Å². The van der Waals surface area contributed by atoms with Gasteiger partial charge in [0.15, 0.2) is 0 Å². The lowest BCUT2D eigenvalue weighted by molar-refractivity contribution is 0.0687. The first-order valence-electron chi connectivity index (χ1n) is 11.0. The van der Waals surface area contributed by atoms with E-state index in [1.54, 1.807) is 19.2 Å². The number of sulfonamides is 1. The summed E-state index contributed by atoms with van der Waals surface area (Å²) in [5, 5.41) is 0. The first-order chi connectivity index (χ1) is 14.9. The minimum absolute atomic E-state index is 0.0206. The second-order valence-electron chi connectivity index (χ2n) is 8.54. The predicted molar refractivity (Wildman–Crippen MR) is 120 cm³/mol. The number of aryl methyl sites for hydroxylation is 1. The van der Waals surface area contributed by atoms with E-state index in [0.717, 1.165) is 57.4 Å². The highest BCUT2D eigenvalue weighted by atomic mass is 32.2. The number of benzene rings is 2. The van der Waals surface area contributed by atoms with Gasteiger partial charge in [0.05, 0.1) is 12.0 Å². The third-order valence-electron chi connectivity index (χ3n) is 6.21. The molecule has 1 N–H and O–H groups in total. The third-order valence-corrected chi connectivity index (χ3v) is 7.75. The number of ether oxygens (including phenoxy) is 1. The largest absolute Gasteiger partial charge is 0.497 e. The standard InChI is InChI=1S/C24H30N2O4S/c1-30-22-10-4-18(5-11-22)2-3-19-14-16-26(17-15-19)24(27)20-6-12-23(13-7-20)31(28,29)25-21-8-9-21/h4-7,10-13,19,21,25H,2-3,8-9,14-17H2,1H3. The zero-order valence-electron chi connectivity index (χ0n) is 17.9. The number of nitrogens with zero attached hydrogens (tertiary/aromatic N) is 1. The number of nitrogens with one attached hydrogen (secondary N) is 1. The fourth-order valence-corrected chi connectivity index (χ4v) is 5.34. The van der Waals surface area contributed by atoms with E-state index < -0.39 is 10.0 Å². The normalized spacial score (nSPS) is 17.5. The van der Waals surface area contributed by atoms with Gasteiger partial charge in [-0.05, 0) is 86.4 Å². The summed E-state index contributed by atoms with van der Waals surface area (Å²) >= 11 is 0. The van der Waals surface area contributed by atoms with Crippen molar-refractivity contribution in [1.29, 1.82) is 0 Å². The third kappa shape index (κ3) is 5.66. The Hall–Kier alpha value is -2.38. The maximum absolute atomic E-state index is 12.8. The predicted octanol–water partition coefficient (Wildman–Crippen LogP) is 3.62. The van der Waals surface area contributed by atoms with Gasteiger partial charge in [-0.1, -0.05) is 12.1 Å². The van der Waals surface area contributed by atoms with Crippen LogP contribution in [-0.4, -0.2) is 45.5 Å². The van der Waals surface area contributed by atoms with Gasteiger partial charge in [-0.15, -0.1) is 0 Å². The molecule has 1 heterocycles. The number of amides is 1. The van der Waals surface area contributed by atoms with Gasteiger partial charge >= 0.3 is 0 Å². The Labute approximate surface area is 184 Å². The smallest absolute Gasteiger partial charge is 0.253 e. The molecule has 4 rings (SSSR count). The van der Waals surface area contributed by atoms with E-state index in [2.05, 4.69) is 16.9 Å².